The lowest BCUT2D eigenvalue weighted by Gasteiger charge is -2.05. The minimum atomic E-state index is -4.92. The van der Waals surface area contributed by atoms with Crippen LogP contribution < -0.4 is 0 Å². The highest BCUT2D eigenvalue weighted by Crippen LogP contribution is 2.16. The molecular weight excluding hydrogens is 167 g/mol. The lowest BCUT2D eigenvalue weighted by atomic mass is 10.7. The van der Waals surface area contributed by atoms with Gasteiger partial charge in [0.15, 0.2) is 0 Å². The highest BCUT2D eigenvalue weighted by molar-refractivity contribution is 5.79. The summed E-state index contributed by atoms with van der Waals surface area (Å²) in [6, 6.07) is 0. The predicted molar refractivity (Wildman–Crippen MR) is 26.6 cm³/mol. The Kier molecular flexibility index (Phi) is 2.85. The van der Waals surface area contributed by atoms with E-state index in [1.54, 1.807) is 0 Å². The highest BCUT2D eigenvalue weighted by atomic mass is 19.4. The first-order valence-electron chi connectivity index (χ1n) is 2.35. The highest BCUT2D eigenvalue weighted by Gasteiger charge is 2.38. The summed E-state index contributed by atoms with van der Waals surface area (Å²) in [7, 11) is 0. The van der Waals surface area contributed by atoms with Crippen molar-refractivity contribution in [2.24, 2.45) is 0 Å². The van der Waals surface area contributed by atoms with E-state index in [4.69, 9.17) is 5.41 Å². The zero-order chi connectivity index (χ0) is 9.07. The molecule has 0 aromatic rings. The van der Waals surface area contributed by atoms with E-state index in [9.17, 15) is 18.0 Å². The van der Waals surface area contributed by atoms with Crippen molar-refractivity contribution in [3.05, 3.63) is 0 Å². The van der Waals surface area contributed by atoms with Gasteiger partial charge in [-0.25, -0.2) is 9.68 Å². The first-order chi connectivity index (χ1) is 4.84. The standard InChI is InChI=1S/C4H4F3NO3/c1-2(9)10-11-3(8)4(5,6)7/h8H,1H3. The summed E-state index contributed by atoms with van der Waals surface area (Å²) in [5.41, 5.74) is 0. The normalized spacial score (nSPS) is 10.5. The SMILES string of the molecule is CC(=O)OOC(=N)C(F)(F)F. The van der Waals surface area contributed by atoms with Gasteiger partial charge in [0, 0.05) is 6.92 Å². The van der Waals surface area contributed by atoms with Crippen molar-refractivity contribution in [3.63, 3.8) is 0 Å². The van der Waals surface area contributed by atoms with Crippen LogP contribution >= 0.6 is 0 Å². The monoisotopic (exact) mass is 171 g/mol. The molecule has 11 heavy (non-hydrogen) atoms. The summed E-state index contributed by atoms with van der Waals surface area (Å²) >= 11 is 0. The van der Waals surface area contributed by atoms with Crippen molar-refractivity contribution in [1.82, 2.24) is 0 Å². The van der Waals surface area contributed by atoms with Crippen LogP contribution in [0.2, 0.25) is 0 Å². The molecule has 0 amide bonds. The quantitative estimate of drug-likeness (QED) is 0.256. The Morgan fingerprint density at radius 2 is 1.82 bits per heavy atom. The van der Waals surface area contributed by atoms with Crippen LogP contribution in [0, 0.1) is 5.41 Å². The van der Waals surface area contributed by atoms with Crippen molar-refractivity contribution in [2.45, 2.75) is 13.1 Å². The first kappa shape index (κ1) is 9.73. The molecule has 0 rings (SSSR count). The summed E-state index contributed by atoms with van der Waals surface area (Å²) in [5, 5.41) is 6.11. The maximum Gasteiger partial charge on any atom is 0.472 e. The molecule has 0 aliphatic heterocycles. The second kappa shape index (κ2) is 3.22. The molecule has 4 nitrogen and oxygen atoms in total. The molecule has 0 saturated carbocycles. The fourth-order valence-corrected chi connectivity index (χ4v) is 0.148. The molecule has 1 N–H and O–H groups in total. The number of hydrogen-bond donors (Lipinski definition) is 1. The smallest absolute Gasteiger partial charge is 0.261 e. The van der Waals surface area contributed by atoms with E-state index in [1.807, 2.05) is 0 Å². The van der Waals surface area contributed by atoms with Crippen LogP contribution in [0.1, 0.15) is 6.92 Å². The molecule has 0 heterocycles. The van der Waals surface area contributed by atoms with E-state index in [0.717, 1.165) is 6.92 Å². The van der Waals surface area contributed by atoms with E-state index >= 15 is 0 Å². The van der Waals surface area contributed by atoms with Gasteiger partial charge in [-0.2, -0.15) is 13.2 Å². The lowest BCUT2D eigenvalue weighted by Crippen LogP contribution is -2.25. The number of hydrogen-bond acceptors (Lipinski definition) is 4. The minimum Gasteiger partial charge on any atom is -0.261 e. The molecule has 0 atom stereocenters. The first-order valence-corrected chi connectivity index (χ1v) is 2.35. The summed E-state index contributed by atoms with van der Waals surface area (Å²) in [6.07, 6.45) is -4.92. The number of alkyl halides is 3. The molecule has 0 bridgehead atoms. The molecule has 0 aliphatic rings. The van der Waals surface area contributed by atoms with Gasteiger partial charge in [0.2, 0.25) is 0 Å². The van der Waals surface area contributed by atoms with Crippen molar-refractivity contribution >= 4 is 11.9 Å². The van der Waals surface area contributed by atoms with Crippen LogP contribution in [-0.4, -0.2) is 18.0 Å². The second-order valence-electron chi connectivity index (χ2n) is 1.49. The van der Waals surface area contributed by atoms with Crippen LogP contribution in [0.5, 0.6) is 0 Å². The Labute approximate surface area is 59.3 Å². The molecule has 0 unspecified atom stereocenters. The molecule has 0 aromatic carbocycles. The maximum atomic E-state index is 11.4. The van der Waals surface area contributed by atoms with Gasteiger partial charge < -0.3 is 0 Å². The van der Waals surface area contributed by atoms with Crippen LogP contribution in [0.3, 0.4) is 0 Å². The van der Waals surface area contributed by atoms with Crippen LogP contribution in [0.15, 0.2) is 0 Å². The predicted octanol–water partition coefficient (Wildman–Crippen LogP) is 1.02. The average Bonchev–Trinajstić information content (AvgIpc) is 1.80. The van der Waals surface area contributed by atoms with Gasteiger partial charge >= 0.3 is 18.0 Å². The average molecular weight is 171 g/mol. The molecule has 0 fully saturated rings. The second-order valence-corrected chi connectivity index (χ2v) is 1.49. The minimum absolute atomic E-state index is 0.851. The fraction of sp³-hybridized carbons (Fsp3) is 0.500. The van der Waals surface area contributed by atoms with E-state index in [2.05, 4.69) is 9.78 Å². The number of carbonyl (C=O) groups is 1. The largest absolute Gasteiger partial charge is 0.472 e. The number of carbonyl (C=O) groups excluding carboxylic acids is 1. The van der Waals surface area contributed by atoms with Gasteiger partial charge in [-0.1, -0.05) is 0 Å². The summed E-state index contributed by atoms with van der Waals surface area (Å²) in [5.74, 6) is -3.12. The van der Waals surface area contributed by atoms with Crippen LogP contribution in [0.25, 0.3) is 0 Å². The van der Waals surface area contributed by atoms with Gasteiger partial charge in [-0.3, -0.25) is 10.3 Å². The summed E-state index contributed by atoms with van der Waals surface area (Å²) in [4.78, 5) is 16.6. The zero-order valence-electron chi connectivity index (χ0n) is 5.36. The van der Waals surface area contributed by atoms with Crippen molar-refractivity contribution in [3.8, 4) is 0 Å². The molecule has 0 aliphatic carbocycles. The number of halogens is 3. The van der Waals surface area contributed by atoms with Gasteiger partial charge in [-0.15, -0.1) is 0 Å². The molecule has 64 valence electrons. The van der Waals surface area contributed by atoms with Gasteiger partial charge in [0.05, 0.1) is 0 Å². The van der Waals surface area contributed by atoms with Gasteiger partial charge in [-0.05, 0) is 0 Å². The lowest BCUT2D eigenvalue weighted by molar-refractivity contribution is -0.234. The van der Waals surface area contributed by atoms with E-state index < -0.39 is 18.0 Å². The summed E-state index contributed by atoms with van der Waals surface area (Å²) < 4.78 is 34.1. The molecule has 7 heteroatoms. The Hall–Kier alpha value is -1.27. The maximum absolute atomic E-state index is 11.4. The zero-order valence-corrected chi connectivity index (χ0v) is 5.36. The molecular formula is C4H4F3NO3. The Morgan fingerprint density at radius 1 is 1.36 bits per heavy atom. The fourth-order valence-electron chi connectivity index (χ4n) is 0.148. The van der Waals surface area contributed by atoms with E-state index in [-0.39, 0.29) is 0 Å². The van der Waals surface area contributed by atoms with Crippen LogP contribution in [0.4, 0.5) is 13.2 Å². The van der Waals surface area contributed by atoms with E-state index in [0.29, 0.717) is 0 Å². The van der Waals surface area contributed by atoms with Gasteiger partial charge in [0.1, 0.15) is 0 Å². The van der Waals surface area contributed by atoms with Crippen molar-refractivity contribution in [2.75, 3.05) is 0 Å². The molecule has 0 saturated heterocycles. The number of rotatable bonds is 0. The van der Waals surface area contributed by atoms with E-state index in [1.165, 1.54) is 0 Å². The van der Waals surface area contributed by atoms with Crippen LogP contribution in [-0.2, 0) is 14.6 Å². The third kappa shape index (κ3) is 4.18. The third-order valence-electron chi connectivity index (χ3n) is 0.500. The van der Waals surface area contributed by atoms with Crippen molar-refractivity contribution in [1.29, 1.82) is 5.41 Å². The Morgan fingerprint density at radius 3 is 2.09 bits per heavy atom. The molecule has 0 radical (unpaired) electrons. The molecule has 0 aromatic heterocycles. The topological polar surface area (TPSA) is 59.4 Å². The Bertz CT molecular complexity index is 176. The Balaban J connectivity index is 3.80. The summed E-state index contributed by atoms with van der Waals surface area (Å²) in [6.45, 7) is 0.851. The van der Waals surface area contributed by atoms with Crippen molar-refractivity contribution < 1.29 is 27.7 Å². The van der Waals surface area contributed by atoms with Gasteiger partial charge in [0.25, 0.3) is 0 Å². The third-order valence-corrected chi connectivity index (χ3v) is 0.500. The molecule has 0 spiro atoms. The number of nitrogens with one attached hydrogen (secondary N) is 1.